The topological polar surface area (TPSA) is 57.4 Å². The van der Waals surface area contributed by atoms with Gasteiger partial charge in [0, 0.05) is 11.1 Å². The summed E-state index contributed by atoms with van der Waals surface area (Å²) in [5.74, 6) is 1.07. The summed E-state index contributed by atoms with van der Waals surface area (Å²) < 4.78 is 10.5. The van der Waals surface area contributed by atoms with Crippen LogP contribution in [0.3, 0.4) is 0 Å². The van der Waals surface area contributed by atoms with E-state index in [1.807, 2.05) is 0 Å². The van der Waals surface area contributed by atoms with E-state index in [0.717, 1.165) is 0 Å². The molecule has 4 nitrogen and oxygen atoms in total. The largest absolute Gasteiger partial charge is 0.481 e. The van der Waals surface area contributed by atoms with Crippen molar-refractivity contribution in [2.75, 3.05) is 12.8 Å². The van der Waals surface area contributed by atoms with Crippen LogP contribution in [0.25, 0.3) is 0 Å². The quantitative estimate of drug-likeness (QED) is 0.932. The Morgan fingerprint density at radius 3 is 2.61 bits per heavy atom. The third kappa shape index (κ3) is 2.78. The minimum Gasteiger partial charge on any atom is -0.481 e. The minimum absolute atomic E-state index is 0.235. The molecule has 0 bridgehead atoms. The van der Waals surface area contributed by atoms with Crippen LogP contribution in [0.2, 0.25) is 10.0 Å². The number of nitrogen functional groups attached to an aromatic ring is 1. The molecule has 2 N–H and O–H groups in total. The number of anilines is 1. The summed E-state index contributed by atoms with van der Waals surface area (Å²) in [6.07, 6.45) is 0. The molecular weight excluding hydrogens is 275 g/mol. The number of rotatable bonds is 3. The van der Waals surface area contributed by atoms with Crippen LogP contribution in [0, 0.1) is 0 Å². The predicted octanol–water partition coefficient (Wildman–Crippen LogP) is 3.77. The summed E-state index contributed by atoms with van der Waals surface area (Å²) >= 11 is 11.8. The van der Waals surface area contributed by atoms with Crippen LogP contribution < -0.4 is 15.2 Å². The van der Waals surface area contributed by atoms with Crippen molar-refractivity contribution in [1.82, 2.24) is 4.98 Å². The molecule has 0 amide bonds. The third-order valence-electron chi connectivity index (χ3n) is 2.17. The molecule has 0 unspecified atom stereocenters. The third-order valence-corrected chi connectivity index (χ3v) is 2.70. The summed E-state index contributed by atoms with van der Waals surface area (Å²) in [4.78, 5) is 4.09. The van der Waals surface area contributed by atoms with Crippen LogP contribution in [0.4, 0.5) is 5.69 Å². The maximum Gasteiger partial charge on any atom is 0.246 e. The molecule has 0 saturated carbocycles. The Labute approximate surface area is 114 Å². The first kappa shape index (κ1) is 12.8. The highest BCUT2D eigenvalue weighted by atomic mass is 35.5. The van der Waals surface area contributed by atoms with Gasteiger partial charge in [-0.25, -0.2) is 0 Å². The van der Waals surface area contributed by atoms with E-state index in [9.17, 15) is 0 Å². The summed E-state index contributed by atoms with van der Waals surface area (Å²) in [5.41, 5.74) is 6.15. The molecule has 1 aromatic carbocycles. The van der Waals surface area contributed by atoms with Crippen LogP contribution in [0.5, 0.6) is 17.5 Å². The van der Waals surface area contributed by atoms with E-state index in [1.54, 1.807) is 30.3 Å². The SMILES string of the molecule is COc1ccc(N)c(Oc2ccc(Cl)cc2Cl)n1. The van der Waals surface area contributed by atoms with Gasteiger partial charge < -0.3 is 15.2 Å². The maximum absolute atomic E-state index is 6.00. The fourth-order valence-corrected chi connectivity index (χ4v) is 1.74. The zero-order valence-corrected chi connectivity index (χ0v) is 11.0. The Balaban J connectivity index is 2.33. The molecule has 1 heterocycles. The summed E-state index contributed by atoms with van der Waals surface area (Å²) in [6.45, 7) is 0. The molecule has 6 heteroatoms. The number of nitrogens with two attached hydrogens (primary N) is 1. The van der Waals surface area contributed by atoms with Crippen molar-refractivity contribution in [3.63, 3.8) is 0 Å². The molecule has 0 atom stereocenters. The van der Waals surface area contributed by atoms with E-state index >= 15 is 0 Å². The Morgan fingerprint density at radius 2 is 1.94 bits per heavy atom. The fourth-order valence-electron chi connectivity index (χ4n) is 1.29. The van der Waals surface area contributed by atoms with Gasteiger partial charge in [-0.3, -0.25) is 0 Å². The van der Waals surface area contributed by atoms with Gasteiger partial charge in [0.05, 0.1) is 17.8 Å². The normalized spacial score (nSPS) is 10.2. The van der Waals surface area contributed by atoms with Gasteiger partial charge in [-0.1, -0.05) is 23.2 Å². The van der Waals surface area contributed by atoms with Crippen molar-refractivity contribution >= 4 is 28.9 Å². The van der Waals surface area contributed by atoms with E-state index in [0.29, 0.717) is 27.4 Å². The lowest BCUT2D eigenvalue weighted by Crippen LogP contribution is -1.97. The number of hydrogen-bond acceptors (Lipinski definition) is 4. The highest BCUT2D eigenvalue weighted by Crippen LogP contribution is 2.33. The first-order chi connectivity index (χ1) is 8.60. The Kier molecular flexibility index (Phi) is 3.79. The van der Waals surface area contributed by atoms with Crippen LogP contribution in [-0.2, 0) is 0 Å². The highest BCUT2D eigenvalue weighted by molar-refractivity contribution is 6.35. The Hall–Kier alpha value is -1.65. The molecular formula is C12H10Cl2N2O2. The molecule has 0 fully saturated rings. The summed E-state index contributed by atoms with van der Waals surface area (Å²) in [5, 5.41) is 0.908. The van der Waals surface area contributed by atoms with Gasteiger partial charge in [-0.15, -0.1) is 0 Å². The van der Waals surface area contributed by atoms with Gasteiger partial charge in [0.1, 0.15) is 5.75 Å². The Morgan fingerprint density at radius 1 is 1.17 bits per heavy atom. The van der Waals surface area contributed by atoms with Crippen LogP contribution >= 0.6 is 23.2 Å². The van der Waals surface area contributed by atoms with E-state index in [2.05, 4.69) is 4.98 Å². The molecule has 0 radical (unpaired) electrons. The van der Waals surface area contributed by atoms with Crippen LogP contribution in [0.15, 0.2) is 30.3 Å². The molecule has 0 saturated heterocycles. The van der Waals surface area contributed by atoms with Crippen molar-refractivity contribution in [3.05, 3.63) is 40.4 Å². The van der Waals surface area contributed by atoms with Gasteiger partial charge >= 0.3 is 0 Å². The lowest BCUT2D eigenvalue weighted by molar-refractivity contribution is 0.384. The van der Waals surface area contributed by atoms with E-state index in [4.69, 9.17) is 38.4 Å². The zero-order chi connectivity index (χ0) is 13.1. The molecule has 0 spiro atoms. The van der Waals surface area contributed by atoms with Crippen molar-refractivity contribution in [3.8, 4) is 17.5 Å². The Bertz CT molecular complexity index is 576. The van der Waals surface area contributed by atoms with Crippen molar-refractivity contribution in [2.24, 2.45) is 0 Å². The molecule has 2 aromatic rings. The molecule has 0 aliphatic rings. The number of benzene rings is 1. The fraction of sp³-hybridized carbons (Fsp3) is 0.0833. The zero-order valence-electron chi connectivity index (χ0n) is 9.48. The summed E-state index contributed by atoms with van der Waals surface area (Å²) in [7, 11) is 1.51. The number of hydrogen-bond donors (Lipinski definition) is 1. The highest BCUT2D eigenvalue weighted by Gasteiger charge is 2.09. The summed E-state index contributed by atoms with van der Waals surface area (Å²) in [6, 6.07) is 8.18. The number of pyridine rings is 1. The number of aromatic nitrogens is 1. The second kappa shape index (κ2) is 5.33. The maximum atomic E-state index is 6.00. The second-order valence-electron chi connectivity index (χ2n) is 3.42. The number of methoxy groups -OCH3 is 1. The average Bonchev–Trinajstić information content (AvgIpc) is 2.35. The number of ether oxygens (including phenoxy) is 2. The smallest absolute Gasteiger partial charge is 0.246 e. The van der Waals surface area contributed by atoms with Gasteiger partial charge in [0.2, 0.25) is 11.8 Å². The molecule has 0 aliphatic carbocycles. The predicted molar refractivity (Wildman–Crippen MR) is 71.7 cm³/mol. The van der Waals surface area contributed by atoms with Crippen molar-refractivity contribution in [1.29, 1.82) is 0 Å². The number of nitrogens with zero attached hydrogens (tertiary/aromatic N) is 1. The van der Waals surface area contributed by atoms with Crippen molar-refractivity contribution in [2.45, 2.75) is 0 Å². The lowest BCUT2D eigenvalue weighted by Gasteiger charge is -2.10. The van der Waals surface area contributed by atoms with Gasteiger partial charge in [0.25, 0.3) is 0 Å². The lowest BCUT2D eigenvalue weighted by atomic mass is 10.3. The second-order valence-corrected chi connectivity index (χ2v) is 4.27. The van der Waals surface area contributed by atoms with Crippen LogP contribution in [-0.4, -0.2) is 12.1 Å². The first-order valence-corrected chi connectivity index (χ1v) is 5.79. The molecule has 18 heavy (non-hydrogen) atoms. The number of halogens is 2. The van der Waals surface area contributed by atoms with E-state index in [1.165, 1.54) is 7.11 Å². The molecule has 2 rings (SSSR count). The minimum atomic E-state index is 0.235. The van der Waals surface area contributed by atoms with E-state index < -0.39 is 0 Å². The van der Waals surface area contributed by atoms with E-state index in [-0.39, 0.29) is 5.88 Å². The van der Waals surface area contributed by atoms with Gasteiger partial charge in [0.15, 0.2) is 0 Å². The molecule has 1 aromatic heterocycles. The average molecular weight is 285 g/mol. The molecule has 0 aliphatic heterocycles. The standard InChI is InChI=1S/C12H10Cl2N2O2/c1-17-11-5-3-9(15)12(16-11)18-10-4-2-7(13)6-8(10)14/h2-6H,15H2,1H3. The van der Waals surface area contributed by atoms with Gasteiger partial charge in [-0.2, -0.15) is 4.98 Å². The van der Waals surface area contributed by atoms with Crippen molar-refractivity contribution < 1.29 is 9.47 Å². The first-order valence-electron chi connectivity index (χ1n) is 5.03. The molecule has 94 valence electrons. The monoisotopic (exact) mass is 284 g/mol. The van der Waals surface area contributed by atoms with Crippen LogP contribution in [0.1, 0.15) is 0 Å². The van der Waals surface area contributed by atoms with Gasteiger partial charge in [-0.05, 0) is 24.3 Å².